The Bertz CT molecular complexity index is 378. The Morgan fingerprint density at radius 2 is 2.31 bits per heavy atom. The number of rotatable bonds is 3. The summed E-state index contributed by atoms with van der Waals surface area (Å²) in [6.07, 6.45) is 2.27. The van der Waals surface area contributed by atoms with Crippen LogP contribution in [0.5, 0.6) is 0 Å². The third-order valence-electron chi connectivity index (χ3n) is 3.34. The average Bonchev–Trinajstić information content (AvgIpc) is 2.31. The van der Waals surface area contributed by atoms with E-state index in [1.807, 2.05) is 6.07 Å². The Hall–Kier alpha value is -0.730. The van der Waals surface area contributed by atoms with E-state index >= 15 is 0 Å². The maximum Gasteiger partial charge on any atom is 0.0468 e. The Morgan fingerprint density at radius 3 is 3.06 bits per heavy atom. The molecule has 1 aliphatic rings. The second-order valence-corrected chi connectivity index (χ2v) is 4.74. The summed E-state index contributed by atoms with van der Waals surface area (Å²) in [5, 5.41) is 4.30. The van der Waals surface area contributed by atoms with Crippen molar-refractivity contribution in [2.24, 2.45) is 0 Å². The van der Waals surface area contributed by atoms with Gasteiger partial charge in [-0.3, -0.25) is 0 Å². The van der Waals surface area contributed by atoms with Gasteiger partial charge in [0.1, 0.15) is 0 Å². The van der Waals surface area contributed by atoms with Crippen molar-refractivity contribution in [1.82, 2.24) is 0 Å². The molecule has 88 valence electrons. The Morgan fingerprint density at radius 1 is 1.50 bits per heavy atom. The van der Waals surface area contributed by atoms with Crippen LogP contribution >= 0.6 is 11.6 Å². The summed E-state index contributed by atoms with van der Waals surface area (Å²) >= 11 is 6.13. The number of hydrogen-bond acceptors (Lipinski definition) is 2. The number of nitrogens with one attached hydrogen (secondary N) is 1. The maximum absolute atomic E-state index is 6.13. The van der Waals surface area contributed by atoms with E-state index in [-0.39, 0.29) is 0 Å². The lowest BCUT2D eigenvalue weighted by atomic mass is 9.87. The first kappa shape index (κ1) is 11.7. The van der Waals surface area contributed by atoms with Gasteiger partial charge in [-0.25, -0.2) is 0 Å². The lowest BCUT2D eigenvalue weighted by Gasteiger charge is -2.28. The summed E-state index contributed by atoms with van der Waals surface area (Å²) in [6, 6.07) is 4.15. The lowest BCUT2D eigenvalue weighted by Crippen LogP contribution is -2.19. The van der Waals surface area contributed by atoms with Gasteiger partial charge >= 0.3 is 0 Å². The average molecular weight is 240 g/mol. The topological polar surface area (TPSA) is 21.3 Å². The van der Waals surface area contributed by atoms with Crippen LogP contribution in [0.3, 0.4) is 0 Å². The van der Waals surface area contributed by atoms with Crippen molar-refractivity contribution in [3.8, 4) is 0 Å². The van der Waals surface area contributed by atoms with Crippen molar-refractivity contribution in [1.29, 1.82) is 0 Å². The number of hydrogen-bond donors (Lipinski definition) is 1. The zero-order valence-corrected chi connectivity index (χ0v) is 10.6. The quantitative estimate of drug-likeness (QED) is 0.871. The van der Waals surface area contributed by atoms with E-state index in [1.54, 1.807) is 7.11 Å². The molecule has 1 heterocycles. The molecule has 1 atom stereocenters. The molecule has 0 fully saturated rings. The van der Waals surface area contributed by atoms with Crippen LogP contribution in [0.25, 0.3) is 0 Å². The smallest absolute Gasteiger partial charge is 0.0468 e. The molecular weight excluding hydrogens is 222 g/mol. The van der Waals surface area contributed by atoms with Gasteiger partial charge in [0.25, 0.3) is 0 Å². The second-order valence-electron chi connectivity index (χ2n) is 4.33. The molecule has 0 spiro atoms. The molecule has 0 amide bonds. The highest BCUT2D eigenvalue weighted by atomic mass is 35.5. The minimum atomic E-state index is 0.604. The minimum absolute atomic E-state index is 0.604. The lowest BCUT2D eigenvalue weighted by molar-refractivity contribution is 0.186. The minimum Gasteiger partial charge on any atom is -0.385 e. The van der Waals surface area contributed by atoms with Crippen molar-refractivity contribution < 1.29 is 4.74 Å². The highest BCUT2D eigenvalue weighted by Crippen LogP contribution is 2.38. The highest BCUT2D eigenvalue weighted by Gasteiger charge is 2.21. The number of fused-ring (bicyclic) bond motifs is 1. The number of anilines is 1. The van der Waals surface area contributed by atoms with Gasteiger partial charge in [-0.15, -0.1) is 0 Å². The van der Waals surface area contributed by atoms with Gasteiger partial charge in [0.15, 0.2) is 0 Å². The number of ether oxygens (including phenoxy) is 1. The molecule has 1 unspecified atom stereocenters. The van der Waals surface area contributed by atoms with Crippen LogP contribution in [-0.2, 0) is 4.74 Å². The SMILES string of the molecule is COCCC1CCNc2c1ccc(Cl)c2C. The first-order valence-electron chi connectivity index (χ1n) is 5.76. The fourth-order valence-electron chi connectivity index (χ4n) is 2.37. The molecular formula is C13H18ClNO. The summed E-state index contributed by atoms with van der Waals surface area (Å²) < 4.78 is 5.17. The largest absolute Gasteiger partial charge is 0.385 e. The fraction of sp³-hybridized carbons (Fsp3) is 0.538. The van der Waals surface area contributed by atoms with Crippen LogP contribution in [0.2, 0.25) is 5.02 Å². The van der Waals surface area contributed by atoms with E-state index in [0.29, 0.717) is 5.92 Å². The van der Waals surface area contributed by atoms with Crippen LogP contribution in [0.4, 0.5) is 5.69 Å². The monoisotopic (exact) mass is 239 g/mol. The Balaban J connectivity index is 2.28. The first-order valence-corrected chi connectivity index (χ1v) is 6.13. The predicted octanol–water partition coefficient (Wildman–Crippen LogP) is 3.58. The van der Waals surface area contributed by atoms with Crippen LogP contribution in [0.15, 0.2) is 12.1 Å². The first-order chi connectivity index (χ1) is 7.74. The third-order valence-corrected chi connectivity index (χ3v) is 3.75. The zero-order valence-electron chi connectivity index (χ0n) is 9.85. The van der Waals surface area contributed by atoms with E-state index in [1.165, 1.54) is 23.2 Å². The van der Waals surface area contributed by atoms with Crippen LogP contribution in [0.1, 0.15) is 29.9 Å². The molecule has 0 radical (unpaired) electrons. The molecule has 0 saturated carbocycles. The normalized spacial score (nSPS) is 19.1. The van der Waals surface area contributed by atoms with Gasteiger partial charge in [-0.05, 0) is 42.9 Å². The van der Waals surface area contributed by atoms with Gasteiger partial charge in [0.2, 0.25) is 0 Å². The summed E-state index contributed by atoms with van der Waals surface area (Å²) in [4.78, 5) is 0. The zero-order chi connectivity index (χ0) is 11.5. The predicted molar refractivity (Wildman–Crippen MR) is 68.5 cm³/mol. The maximum atomic E-state index is 6.13. The molecule has 1 aromatic carbocycles. The molecule has 1 aromatic rings. The van der Waals surface area contributed by atoms with Crippen molar-refractivity contribution in [2.75, 3.05) is 25.6 Å². The standard InChI is InChI=1S/C13H18ClNO/c1-9-12(14)4-3-11-10(6-8-16-2)5-7-15-13(9)11/h3-4,10,15H,5-8H2,1-2H3. The second kappa shape index (κ2) is 5.07. The summed E-state index contributed by atoms with van der Waals surface area (Å²) in [6.45, 7) is 3.93. The fourth-order valence-corrected chi connectivity index (χ4v) is 2.53. The van der Waals surface area contributed by atoms with Crippen molar-refractivity contribution in [2.45, 2.75) is 25.7 Å². The van der Waals surface area contributed by atoms with Crippen LogP contribution in [0, 0.1) is 6.92 Å². The van der Waals surface area contributed by atoms with Crippen molar-refractivity contribution >= 4 is 17.3 Å². The summed E-state index contributed by atoms with van der Waals surface area (Å²) in [5.41, 5.74) is 3.80. The third kappa shape index (κ3) is 2.18. The highest BCUT2D eigenvalue weighted by molar-refractivity contribution is 6.31. The molecule has 16 heavy (non-hydrogen) atoms. The van der Waals surface area contributed by atoms with E-state index in [0.717, 1.165) is 24.6 Å². The summed E-state index contributed by atoms with van der Waals surface area (Å²) in [5.74, 6) is 0.604. The van der Waals surface area contributed by atoms with Gasteiger partial charge in [-0.2, -0.15) is 0 Å². The van der Waals surface area contributed by atoms with Gasteiger partial charge in [0, 0.05) is 31.0 Å². The van der Waals surface area contributed by atoms with Gasteiger partial charge < -0.3 is 10.1 Å². The van der Waals surface area contributed by atoms with Crippen molar-refractivity contribution in [3.63, 3.8) is 0 Å². The van der Waals surface area contributed by atoms with Crippen LogP contribution < -0.4 is 5.32 Å². The van der Waals surface area contributed by atoms with E-state index in [2.05, 4.69) is 18.3 Å². The molecule has 3 heteroatoms. The van der Waals surface area contributed by atoms with Crippen molar-refractivity contribution in [3.05, 3.63) is 28.3 Å². The van der Waals surface area contributed by atoms with E-state index in [9.17, 15) is 0 Å². The molecule has 0 bridgehead atoms. The number of methoxy groups -OCH3 is 1. The number of halogens is 1. The molecule has 1 aliphatic heterocycles. The molecule has 0 saturated heterocycles. The molecule has 0 aliphatic carbocycles. The van der Waals surface area contributed by atoms with E-state index < -0.39 is 0 Å². The molecule has 2 nitrogen and oxygen atoms in total. The Kier molecular flexibility index (Phi) is 3.72. The van der Waals surface area contributed by atoms with E-state index in [4.69, 9.17) is 16.3 Å². The Labute approximate surface area is 102 Å². The molecule has 2 rings (SSSR count). The molecule has 1 N–H and O–H groups in total. The summed E-state index contributed by atoms with van der Waals surface area (Å²) in [7, 11) is 1.76. The van der Waals surface area contributed by atoms with Gasteiger partial charge in [0.05, 0.1) is 0 Å². The van der Waals surface area contributed by atoms with Crippen LogP contribution in [-0.4, -0.2) is 20.3 Å². The molecule has 0 aromatic heterocycles. The van der Waals surface area contributed by atoms with Gasteiger partial charge in [-0.1, -0.05) is 17.7 Å². The number of benzene rings is 1.